The standard InChI is InChI=1S/C23H25F4NO3S/c1-21(2,18-13-17(24)10-11-20(18)32(3,30)31)14-22(29,23(25,26)27)15-28-12-6-8-16-7-4-5-9-19(16)28/h4-11,13,29H,12,14-15H2,1-3H3. The summed E-state index contributed by atoms with van der Waals surface area (Å²) in [5.41, 5.74) is -3.53. The molecule has 3 rings (SSSR count). The number of hydrogen-bond acceptors (Lipinski definition) is 4. The van der Waals surface area contributed by atoms with E-state index in [1.165, 1.54) is 18.7 Å². The molecule has 4 nitrogen and oxygen atoms in total. The number of rotatable bonds is 6. The van der Waals surface area contributed by atoms with E-state index in [-0.39, 0.29) is 17.0 Å². The molecule has 0 spiro atoms. The summed E-state index contributed by atoms with van der Waals surface area (Å²) >= 11 is 0. The highest BCUT2D eigenvalue weighted by atomic mass is 32.2. The molecule has 0 saturated heterocycles. The Balaban J connectivity index is 2.03. The molecule has 1 heterocycles. The van der Waals surface area contributed by atoms with Crippen molar-refractivity contribution in [2.45, 2.75) is 42.4 Å². The van der Waals surface area contributed by atoms with Crippen molar-refractivity contribution in [3.8, 4) is 0 Å². The number of hydrogen-bond donors (Lipinski definition) is 1. The Morgan fingerprint density at radius 3 is 2.38 bits per heavy atom. The SMILES string of the molecule is CC(C)(CC(O)(CN1CC=Cc2ccccc21)C(F)(F)F)c1cc(F)ccc1S(C)(=O)=O. The van der Waals surface area contributed by atoms with Gasteiger partial charge in [0.25, 0.3) is 0 Å². The lowest BCUT2D eigenvalue weighted by atomic mass is 9.74. The molecule has 0 fully saturated rings. The van der Waals surface area contributed by atoms with Gasteiger partial charge < -0.3 is 10.0 Å². The molecule has 2 aromatic rings. The second-order valence-corrected chi connectivity index (χ2v) is 10.8. The third-order valence-corrected chi connectivity index (χ3v) is 6.84. The normalized spacial score (nSPS) is 16.6. The van der Waals surface area contributed by atoms with Gasteiger partial charge >= 0.3 is 6.18 Å². The van der Waals surface area contributed by atoms with Crippen LogP contribution >= 0.6 is 0 Å². The topological polar surface area (TPSA) is 57.6 Å². The fraction of sp³-hybridized carbons (Fsp3) is 0.391. The largest absolute Gasteiger partial charge is 0.418 e. The quantitative estimate of drug-likeness (QED) is 0.489. The molecule has 0 saturated carbocycles. The summed E-state index contributed by atoms with van der Waals surface area (Å²) in [7, 11) is -3.84. The maximum absolute atomic E-state index is 14.2. The number of alkyl halides is 3. The van der Waals surface area contributed by atoms with Crippen LogP contribution in [-0.4, -0.2) is 44.6 Å². The summed E-state index contributed by atoms with van der Waals surface area (Å²) in [6, 6.07) is 9.82. The molecular formula is C23H25F4NO3S. The van der Waals surface area contributed by atoms with Gasteiger partial charge in [0.15, 0.2) is 15.4 Å². The van der Waals surface area contributed by atoms with Gasteiger partial charge in [0.05, 0.1) is 11.4 Å². The number of β-amino-alcohol motifs (C(OH)–C–C–N with tert-alkyl or cyclic N) is 1. The van der Waals surface area contributed by atoms with E-state index in [9.17, 15) is 31.1 Å². The lowest BCUT2D eigenvalue weighted by Gasteiger charge is -2.42. The average molecular weight is 472 g/mol. The number of anilines is 1. The van der Waals surface area contributed by atoms with Gasteiger partial charge in [-0.1, -0.05) is 44.2 Å². The molecule has 1 aliphatic rings. The van der Waals surface area contributed by atoms with Gasteiger partial charge in [0.1, 0.15) is 5.82 Å². The first-order valence-corrected chi connectivity index (χ1v) is 11.8. The van der Waals surface area contributed by atoms with Gasteiger partial charge in [-0.05, 0) is 47.2 Å². The minimum Gasteiger partial charge on any atom is -0.379 e. The lowest BCUT2D eigenvalue weighted by Crippen LogP contribution is -2.56. The Labute approximate surface area is 185 Å². The average Bonchev–Trinajstić information content (AvgIpc) is 2.66. The molecular weight excluding hydrogens is 446 g/mol. The molecule has 32 heavy (non-hydrogen) atoms. The Hall–Kier alpha value is -2.39. The number of fused-ring (bicyclic) bond motifs is 1. The second kappa shape index (κ2) is 8.19. The van der Waals surface area contributed by atoms with Crippen LogP contribution in [0.25, 0.3) is 6.08 Å². The summed E-state index contributed by atoms with van der Waals surface area (Å²) in [5, 5.41) is 11.0. The van der Waals surface area contributed by atoms with Crippen molar-refractivity contribution < 1.29 is 31.1 Å². The molecule has 2 aromatic carbocycles. The summed E-state index contributed by atoms with van der Waals surface area (Å²) in [6.07, 6.45) is -1.46. The van der Waals surface area contributed by atoms with E-state index in [2.05, 4.69) is 0 Å². The molecule has 174 valence electrons. The smallest absolute Gasteiger partial charge is 0.379 e. The van der Waals surface area contributed by atoms with E-state index in [4.69, 9.17) is 0 Å². The predicted molar refractivity (Wildman–Crippen MR) is 116 cm³/mol. The highest BCUT2D eigenvalue weighted by Gasteiger charge is 2.57. The molecule has 9 heteroatoms. The number of sulfone groups is 1. The molecule has 1 aliphatic heterocycles. The molecule has 0 aromatic heterocycles. The molecule has 1 unspecified atom stereocenters. The summed E-state index contributed by atoms with van der Waals surface area (Å²) in [4.78, 5) is 1.17. The first-order chi connectivity index (χ1) is 14.6. The number of para-hydroxylation sites is 1. The van der Waals surface area contributed by atoms with Crippen molar-refractivity contribution in [1.29, 1.82) is 0 Å². The van der Waals surface area contributed by atoms with Crippen LogP contribution in [0.15, 0.2) is 53.4 Å². The van der Waals surface area contributed by atoms with Crippen molar-refractivity contribution in [2.75, 3.05) is 24.2 Å². The Kier molecular flexibility index (Phi) is 6.21. The number of nitrogens with zero attached hydrogens (tertiary/aromatic N) is 1. The van der Waals surface area contributed by atoms with Crippen LogP contribution in [0.2, 0.25) is 0 Å². The van der Waals surface area contributed by atoms with E-state index < -0.39 is 45.8 Å². The molecule has 0 aliphatic carbocycles. The van der Waals surface area contributed by atoms with E-state index in [0.717, 1.165) is 30.0 Å². The Morgan fingerprint density at radius 2 is 1.75 bits per heavy atom. The molecule has 1 atom stereocenters. The van der Waals surface area contributed by atoms with Crippen LogP contribution in [0.3, 0.4) is 0 Å². The maximum atomic E-state index is 14.2. The Morgan fingerprint density at radius 1 is 1.09 bits per heavy atom. The van der Waals surface area contributed by atoms with Crippen LogP contribution in [0.1, 0.15) is 31.4 Å². The van der Waals surface area contributed by atoms with Crippen LogP contribution < -0.4 is 4.90 Å². The summed E-state index contributed by atoms with van der Waals surface area (Å²) in [6.45, 7) is 2.16. The van der Waals surface area contributed by atoms with Crippen LogP contribution in [0.4, 0.5) is 23.2 Å². The minimum atomic E-state index is -5.01. The van der Waals surface area contributed by atoms with Crippen LogP contribution in [0.5, 0.6) is 0 Å². The fourth-order valence-corrected chi connectivity index (χ4v) is 5.26. The fourth-order valence-electron chi connectivity index (χ4n) is 4.21. The number of benzene rings is 2. The molecule has 0 radical (unpaired) electrons. The monoisotopic (exact) mass is 471 g/mol. The lowest BCUT2D eigenvalue weighted by molar-refractivity contribution is -0.262. The zero-order valence-corrected chi connectivity index (χ0v) is 18.8. The molecule has 0 bridgehead atoms. The van der Waals surface area contributed by atoms with Crippen molar-refractivity contribution in [3.63, 3.8) is 0 Å². The second-order valence-electron chi connectivity index (χ2n) is 8.84. The molecule has 1 N–H and O–H groups in total. The zero-order chi connectivity index (χ0) is 23.9. The van der Waals surface area contributed by atoms with Gasteiger partial charge in [0, 0.05) is 18.5 Å². The highest BCUT2D eigenvalue weighted by Crippen LogP contribution is 2.44. The van der Waals surface area contributed by atoms with Gasteiger partial charge in [-0.2, -0.15) is 13.2 Å². The van der Waals surface area contributed by atoms with Gasteiger partial charge in [-0.15, -0.1) is 0 Å². The van der Waals surface area contributed by atoms with Crippen molar-refractivity contribution >= 4 is 21.6 Å². The third-order valence-electron chi connectivity index (χ3n) is 5.69. The first-order valence-electron chi connectivity index (χ1n) is 9.94. The zero-order valence-electron chi connectivity index (χ0n) is 17.9. The van der Waals surface area contributed by atoms with Crippen molar-refractivity contribution in [2.24, 2.45) is 0 Å². The van der Waals surface area contributed by atoms with Crippen LogP contribution in [0, 0.1) is 5.82 Å². The van der Waals surface area contributed by atoms with E-state index in [1.807, 2.05) is 0 Å². The predicted octanol–water partition coefficient (Wildman–Crippen LogP) is 4.72. The van der Waals surface area contributed by atoms with Gasteiger partial charge in [-0.25, -0.2) is 12.8 Å². The maximum Gasteiger partial charge on any atom is 0.418 e. The third kappa shape index (κ3) is 4.83. The Bertz CT molecular complexity index is 1140. The number of aliphatic hydroxyl groups is 1. The van der Waals surface area contributed by atoms with E-state index >= 15 is 0 Å². The minimum absolute atomic E-state index is 0.110. The van der Waals surface area contributed by atoms with Crippen LogP contribution in [-0.2, 0) is 15.3 Å². The molecule has 0 amide bonds. The highest BCUT2D eigenvalue weighted by molar-refractivity contribution is 7.90. The van der Waals surface area contributed by atoms with Gasteiger partial charge in [0.2, 0.25) is 0 Å². The van der Waals surface area contributed by atoms with Gasteiger partial charge in [-0.3, -0.25) is 0 Å². The van der Waals surface area contributed by atoms with Crippen molar-refractivity contribution in [3.05, 3.63) is 65.5 Å². The van der Waals surface area contributed by atoms with Crippen molar-refractivity contribution in [1.82, 2.24) is 0 Å². The van der Waals surface area contributed by atoms with E-state index in [0.29, 0.717) is 5.69 Å². The first kappa shape index (κ1) is 24.3. The number of halogens is 4. The van der Waals surface area contributed by atoms with E-state index in [1.54, 1.807) is 36.4 Å². The summed E-state index contributed by atoms with van der Waals surface area (Å²) < 4.78 is 81.0. The summed E-state index contributed by atoms with van der Waals surface area (Å²) in [5.74, 6) is -0.772.